The van der Waals surface area contributed by atoms with E-state index in [1.54, 1.807) is 0 Å². The number of rotatable bonds is 6. The Labute approximate surface area is 140 Å². The molecule has 0 spiro atoms. The van der Waals surface area contributed by atoms with Gasteiger partial charge in [0, 0.05) is 12.0 Å². The number of allylic oxidation sites excluding steroid dienone is 1. The molecule has 1 nitrogen and oxygen atoms in total. The summed E-state index contributed by atoms with van der Waals surface area (Å²) in [6.45, 7) is 13.0. The summed E-state index contributed by atoms with van der Waals surface area (Å²) >= 11 is 0. The Morgan fingerprint density at radius 1 is 0.913 bits per heavy atom. The van der Waals surface area contributed by atoms with E-state index in [0.717, 1.165) is 5.57 Å². The second kappa shape index (κ2) is 6.72. The van der Waals surface area contributed by atoms with Crippen LogP contribution in [0.5, 0.6) is 0 Å². The molecule has 0 saturated heterocycles. The maximum absolute atomic E-state index is 10.0. The lowest BCUT2D eigenvalue weighted by atomic mass is 9.56. The minimum absolute atomic E-state index is 0.116. The van der Waals surface area contributed by atoms with Gasteiger partial charge in [-0.3, -0.25) is 0 Å². The van der Waals surface area contributed by atoms with Crippen molar-refractivity contribution in [1.29, 1.82) is 0 Å². The topological polar surface area (TPSA) is 20.2 Å². The zero-order valence-corrected chi connectivity index (χ0v) is 14.7. The number of benzene rings is 2. The van der Waals surface area contributed by atoms with Gasteiger partial charge in [-0.15, -0.1) is 0 Å². The van der Waals surface area contributed by atoms with Gasteiger partial charge in [0.1, 0.15) is 0 Å². The van der Waals surface area contributed by atoms with Crippen molar-refractivity contribution in [2.45, 2.75) is 33.1 Å². The first kappa shape index (κ1) is 17.5. The van der Waals surface area contributed by atoms with Gasteiger partial charge in [0.05, 0.1) is 0 Å². The summed E-state index contributed by atoms with van der Waals surface area (Å²) < 4.78 is 0. The van der Waals surface area contributed by atoms with E-state index in [2.05, 4.69) is 82.8 Å². The van der Waals surface area contributed by atoms with Gasteiger partial charge in [-0.25, -0.2) is 0 Å². The Morgan fingerprint density at radius 3 is 1.61 bits per heavy atom. The SMILES string of the molecule is C=C(C)C(C(C)(C)CO)C(C)(c1ccccc1)c1ccccc1. The van der Waals surface area contributed by atoms with Crippen LogP contribution in [0.2, 0.25) is 0 Å². The third-order valence-electron chi connectivity index (χ3n) is 5.01. The molecule has 23 heavy (non-hydrogen) atoms. The van der Waals surface area contributed by atoms with E-state index in [1.807, 2.05) is 12.1 Å². The van der Waals surface area contributed by atoms with E-state index in [-0.39, 0.29) is 23.4 Å². The molecule has 0 fully saturated rings. The van der Waals surface area contributed by atoms with E-state index in [4.69, 9.17) is 0 Å². The van der Waals surface area contributed by atoms with Crippen molar-refractivity contribution >= 4 is 0 Å². The Balaban J connectivity index is 2.74. The largest absolute Gasteiger partial charge is 0.396 e. The van der Waals surface area contributed by atoms with Gasteiger partial charge in [0.15, 0.2) is 0 Å². The number of hydrogen-bond donors (Lipinski definition) is 1. The molecular weight excluding hydrogens is 280 g/mol. The highest BCUT2D eigenvalue weighted by atomic mass is 16.3. The highest BCUT2D eigenvalue weighted by molar-refractivity contribution is 5.42. The van der Waals surface area contributed by atoms with E-state index in [1.165, 1.54) is 11.1 Å². The number of aliphatic hydroxyl groups excluding tert-OH is 1. The highest BCUT2D eigenvalue weighted by Crippen LogP contribution is 2.49. The van der Waals surface area contributed by atoms with Crippen LogP contribution in [0.1, 0.15) is 38.8 Å². The first-order valence-corrected chi connectivity index (χ1v) is 8.21. The van der Waals surface area contributed by atoms with Gasteiger partial charge in [0.2, 0.25) is 0 Å². The molecule has 0 amide bonds. The van der Waals surface area contributed by atoms with E-state index >= 15 is 0 Å². The second-order valence-electron chi connectivity index (χ2n) is 7.36. The fourth-order valence-electron chi connectivity index (χ4n) is 4.10. The van der Waals surface area contributed by atoms with Crippen molar-refractivity contribution in [3.63, 3.8) is 0 Å². The van der Waals surface area contributed by atoms with Gasteiger partial charge < -0.3 is 5.11 Å². The van der Waals surface area contributed by atoms with Crippen LogP contribution in [-0.2, 0) is 5.41 Å². The zero-order valence-electron chi connectivity index (χ0n) is 14.7. The molecule has 2 rings (SSSR count). The van der Waals surface area contributed by atoms with E-state index in [9.17, 15) is 5.11 Å². The van der Waals surface area contributed by atoms with Gasteiger partial charge in [0.25, 0.3) is 0 Å². The molecule has 1 heteroatoms. The van der Waals surface area contributed by atoms with Crippen LogP contribution in [0.25, 0.3) is 0 Å². The molecular formula is C22H28O. The summed E-state index contributed by atoms with van der Waals surface area (Å²) in [5.74, 6) is 0.116. The zero-order chi connectivity index (χ0) is 17.1. The Bertz CT molecular complexity index is 601. The monoisotopic (exact) mass is 308 g/mol. The molecule has 2 aromatic carbocycles. The van der Waals surface area contributed by atoms with Crippen LogP contribution in [-0.4, -0.2) is 11.7 Å². The van der Waals surface area contributed by atoms with Crippen LogP contribution < -0.4 is 0 Å². The summed E-state index contributed by atoms with van der Waals surface area (Å²) in [7, 11) is 0. The predicted octanol–water partition coefficient (Wildman–Crippen LogP) is 5.20. The Kier molecular flexibility index (Phi) is 5.11. The molecule has 0 radical (unpaired) electrons. The van der Waals surface area contributed by atoms with Crippen molar-refractivity contribution in [3.8, 4) is 0 Å². The third kappa shape index (κ3) is 3.25. The summed E-state index contributed by atoms with van der Waals surface area (Å²) in [4.78, 5) is 0. The predicted molar refractivity (Wildman–Crippen MR) is 98.5 cm³/mol. The molecule has 0 saturated carbocycles. The highest BCUT2D eigenvalue weighted by Gasteiger charge is 2.45. The van der Waals surface area contributed by atoms with E-state index < -0.39 is 0 Å². The van der Waals surface area contributed by atoms with Crippen molar-refractivity contribution in [2.75, 3.05) is 6.61 Å². The summed E-state index contributed by atoms with van der Waals surface area (Å²) in [6.07, 6.45) is 0. The van der Waals surface area contributed by atoms with Crippen molar-refractivity contribution in [3.05, 3.63) is 83.9 Å². The minimum Gasteiger partial charge on any atom is -0.396 e. The van der Waals surface area contributed by atoms with Crippen LogP contribution in [0.15, 0.2) is 72.8 Å². The van der Waals surface area contributed by atoms with Crippen LogP contribution in [0, 0.1) is 11.3 Å². The van der Waals surface area contributed by atoms with Crippen LogP contribution in [0.3, 0.4) is 0 Å². The molecule has 0 aliphatic heterocycles. The average Bonchev–Trinajstić information content (AvgIpc) is 2.55. The molecule has 0 heterocycles. The van der Waals surface area contributed by atoms with Gasteiger partial charge in [-0.1, -0.05) is 93.6 Å². The lowest BCUT2D eigenvalue weighted by molar-refractivity contribution is 0.0822. The molecule has 122 valence electrons. The van der Waals surface area contributed by atoms with Crippen molar-refractivity contribution in [1.82, 2.24) is 0 Å². The maximum atomic E-state index is 10.0. The molecule has 0 aromatic heterocycles. The molecule has 2 aromatic rings. The van der Waals surface area contributed by atoms with Gasteiger partial charge >= 0.3 is 0 Å². The summed E-state index contributed by atoms with van der Waals surface area (Å²) in [5, 5.41) is 10.0. The van der Waals surface area contributed by atoms with Crippen LogP contribution in [0.4, 0.5) is 0 Å². The number of hydrogen-bond acceptors (Lipinski definition) is 1. The maximum Gasteiger partial charge on any atom is 0.0488 e. The van der Waals surface area contributed by atoms with Gasteiger partial charge in [-0.2, -0.15) is 0 Å². The normalized spacial score (nSPS) is 13.6. The standard InChI is InChI=1S/C22H28O/c1-17(2)20(21(3,4)16-23)22(5,18-12-8-6-9-13-18)19-14-10-7-11-15-19/h6-15,20,23H,1,16H2,2-5H3. The van der Waals surface area contributed by atoms with Gasteiger partial charge in [-0.05, 0) is 29.4 Å². The number of aliphatic hydroxyl groups is 1. The lowest BCUT2D eigenvalue weighted by Crippen LogP contribution is -2.44. The Hall–Kier alpha value is -1.86. The second-order valence-corrected chi connectivity index (χ2v) is 7.36. The lowest BCUT2D eigenvalue weighted by Gasteiger charge is -2.47. The summed E-state index contributed by atoms with van der Waals surface area (Å²) in [5.41, 5.74) is 3.08. The molecule has 0 aliphatic carbocycles. The quantitative estimate of drug-likeness (QED) is 0.727. The van der Waals surface area contributed by atoms with Crippen LogP contribution >= 0.6 is 0 Å². The fourth-order valence-corrected chi connectivity index (χ4v) is 4.10. The molecule has 1 unspecified atom stereocenters. The van der Waals surface area contributed by atoms with Crippen molar-refractivity contribution in [2.24, 2.45) is 11.3 Å². The van der Waals surface area contributed by atoms with Crippen molar-refractivity contribution < 1.29 is 5.11 Å². The molecule has 1 atom stereocenters. The summed E-state index contributed by atoms with van der Waals surface area (Å²) in [6, 6.07) is 21.1. The average molecular weight is 308 g/mol. The molecule has 0 bridgehead atoms. The molecule has 1 N–H and O–H groups in total. The smallest absolute Gasteiger partial charge is 0.0488 e. The molecule has 0 aliphatic rings. The van der Waals surface area contributed by atoms with E-state index in [0.29, 0.717) is 0 Å². The first-order valence-electron chi connectivity index (χ1n) is 8.21. The third-order valence-corrected chi connectivity index (χ3v) is 5.01. The fraction of sp³-hybridized carbons (Fsp3) is 0.364. The minimum atomic E-state index is -0.272. The Morgan fingerprint density at radius 2 is 1.30 bits per heavy atom. The first-order chi connectivity index (χ1) is 10.8.